The molecule has 0 bridgehead atoms. The largest absolute Gasteiger partial charge is 0.307 e. The maximum Gasteiger partial charge on any atom is 0.256 e. The number of anilines is 1. The van der Waals surface area contributed by atoms with Gasteiger partial charge in [-0.05, 0) is 31.2 Å². The van der Waals surface area contributed by atoms with Crippen molar-refractivity contribution in [1.82, 2.24) is 4.98 Å². The predicted molar refractivity (Wildman–Crippen MR) is 68.8 cm³/mol. The maximum absolute atomic E-state index is 11.9. The van der Waals surface area contributed by atoms with Crippen LogP contribution < -0.4 is 5.32 Å². The van der Waals surface area contributed by atoms with Crippen molar-refractivity contribution in [2.75, 3.05) is 5.32 Å². The van der Waals surface area contributed by atoms with Crippen molar-refractivity contribution in [2.45, 2.75) is 6.92 Å². The monoisotopic (exact) mass is 240 g/mol. The van der Waals surface area contributed by atoms with Crippen molar-refractivity contribution in [2.24, 2.45) is 0 Å². The Morgan fingerprint density at radius 2 is 2.00 bits per heavy atom. The molecule has 1 aromatic heterocycles. The Bertz CT molecular complexity index is 594. The molecule has 0 saturated carbocycles. The number of nitrogens with zero attached hydrogens (tertiary/aromatic N) is 1. The number of pyridine rings is 1. The summed E-state index contributed by atoms with van der Waals surface area (Å²) in [6.45, 7) is 1.85. The molecule has 0 atom stereocenters. The molecule has 0 aliphatic carbocycles. The summed E-state index contributed by atoms with van der Waals surface area (Å²) < 4.78 is 0. The second-order valence-electron chi connectivity index (χ2n) is 3.86. The number of nitrogens with one attached hydrogen (secondary N) is 1. The van der Waals surface area contributed by atoms with E-state index in [1.165, 1.54) is 6.07 Å². The Kier molecular flexibility index (Phi) is 3.48. The topological polar surface area (TPSA) is 59.1 Å². The Morgan fingerprint density at radius 1 is 1.22 bits per heavy atom. The van der Waals surface area contributed by atoms with Gasteiger partial charge in [-0.1, -0.05) is 18.2 Å². The summed E-state index contributed by atoms with van der Waals surface area (Å²) in [5.74, 6) is 0.216. The third-order valence-electron chi connectivity index (χ3n) is 2.41. The number of rotatable bonds is 3. The van der Waals surface area contributed by atoms with Gasteiger partial charge < -0.3 is 5.32 Å². The van der Waals surface area contributed by atoms with Crippen molar-refractivity contribution < 1.29 is 9.59 Å². The van der Waals surface area contributed by atoms with Gasteiger partial charge in [-0.2, -0.15) is 0 Å². The molecule has 0 spiro atoms. The van der Waals surface area contributed by atoms with E-state index in [0.29, 0.717) is 23.2 Å². The van der Waals surface area contributed by atoms with Crippen molar-refractivity contribution in [3.8, 4) is 0 Å². The van der Waals surface area contributed by atoms with E-state index < -0.39 is 0 Å². The molecule has 1 N–H and O–H groups in total. The molecule has 0 unspecified atom stereocenters. The standard InChI is InChI=1S/C14H12N2O2/c1-10-4-2-7-13(15-10)16-14(18)12-6-3-5-11(8-12)9-17/h2-9H,1H3,(H,15,16,18). The van der Waals surface area contributed by atoms with Crippen LogP contribution in [0.3, 0.4) is 0 Å². The Morgan fingerprint density at radius 3 is 2.72 bits per heavy atom. The van der Waals surface area contributed by atoms with Gasteiger partial charge in [0.1, 0.15) is 12.1 Å². The third kappa shape index (κ3) is 2.79. The average Bonchev–Trinajstić information content (AvgIpc) is 2.39. The summed E-state index contributed by atoms with van der Waals surface area (Å²) in [7, 11) is 0. The molecule has 0 aliphatic rings. The molecule has 1 heterocycles. The Hall–Kier alpha value is -2.49. The summed E-state index contributed by atoms with van der Waals surface area (Å²) in [4.78, 5) is 26.7. The quantitative estimate of drug-likeness (QED) is 0.838. The third-order valence-corrected chi connectivity index (χ3v) is 2.41. The van der Waals surface area contributed by atoms with Gasteiger partial charge in [0.2, 0.25) is 0 Å². The lowest BCUT2D eigenvalue weighted by Crippen LogP contribution is -2.13. The van der Waals surface area contributed by atoms with Crippen LogP contribution in [-0.2, 0) is 0 Å². The van der Waals surface area contributed by atoms with Crippen LogP contribution in [0.25, 0.3) is 0 Å². The maximum atomic E-state index is 11.9. The first-order chi connectivity index (χ1) is 8.69. The molecule has 1 aromatic carbocycles. The normalized spacial score (nSPS) is 9.83. The second kappa shape index (κ2) is 5.23. The number of carbonyl (C=O) groups excluding carboxylic acids is 2. The van der Waals surface area contributed by atoms with Gasteiger partial charge in [-0.15, -0.1) is 0 Å². The first-order valence-electron chi connectivity index (χ1n) is 5.49. The number of aromatic nitrogens is 1. The lowest BCUT2D eigenvalue weighted by atomic mass is 10.1. The van der Waals surface area contributed by atoms with E-state index in [0.717, 1.165) is 5.69 Å². The Labute approximate surface area is 105 Å². The van der Waals surface area contributed by atoms with Gasteiger partial charge >= 0.3 is 0 Å². The predicted octanol–water partition coefficient (Wildman–Crippen LogP) is 2.45. The number of aryl methyl sites for hydroxylation is 1. The fraction of sp³-hybridized carbons (Fsp3) is 0.0714. The molecule has 2 rings (SSSR count). The number of benzene rings is 1. The molecular formula is C14H12N2O2. The van der Waals surface area contributed by atoms with Crippen LogP contribution in [0.2, 0.25) is 0 Å². The SMILES string of the molecule is Cc1cccc(NC(=O)c2cccc(C=O)c2)n1. The van der Waals surface area contributed by atoms with Gasteiger partial charge in [0.25, 0.3) is 5.91 Å². The number of carbonyl (C=O) groups is 2. The first kappa shape index (κ1) is 12.0. The van der Waals surface area contributed by atoms with Gasteiger partial charge in [0.05, 0.1) is 0 Å². The smallest absolute Gasteiger partial charge is 0.256 e. The summed E-state index contributed by atoms with van der Waals surface area (Å²) >= 11 is 0. The van der Waals surface area contributed by atoms with Gasteiger partial charge in [-0.25, -0.2) is 4.98 Å². The van der Waals surface area contributed by atoms with E-state index in [1.807, 2.05) is 19.1 Å². The number of aldehydes is 1. The van der Waals surface area contributed by atoms with Crippen LogP contribution in [0, 0.1) is 6.92 Å². The summed E-state index contributed by atoms with van der Waals surface area (Å²) in [5.41, 5.74) is 1.73. The molecular weight excluding hydrogens is 228 g/mol. The number of hydrogen-bond acceptors (Lipinski definition) is 3. The molecule has 0 saturated heterocycles. The highest BCUT2D eigenvalue weighted by molar-refractivity contribution is 6.04. The van der Waals surface area contributed by atoms with Gasteiger partial charge in [0.15, 0.2) is 0 Å². The minimum absolute atomic E-state index is 0.281. The number of hydrogen-bond donors (Lipinski definition) is 1. The van der Waals surface area contributed by atoms with E-state index in [4.69, 9.17) is 0 Å². The van der Waals surface area contributed by atoms with Gasteiger partial charge in [0, 0.05) is 16.8 Å². The zero-order valence-corrected chi connectivity index (χ0v) is 9.88. The fourth-order valence-corrected chi connectivity index (χ4v) is 1.55. The number of amides is 1. The molecule has 0 fully saturated rings. The highest BCUT2D eigenvalue weighted by Gasteiger charge is 2.07. The summed E-state index contributed by atoms with van der Waals surface area (Å²) in [6.07, 6.45) is 0.710. The zero-order valence-electron chi connectivity index (χ0n) is 9.88. The fourth-order valence-electron chi connectivity index (χ4n) is 1.55. The van der Waals surface area contributed by atoms with E-state index >= 15 is 0 Å². The molecule has 0 radical (unpaired) electrons. The highest BCUT2D eigenvalue weighted by Crippen LogP contribution is 2.08. The molecule has 0 aliphatic heterocycles. The minimum Gasteiger partial charge on any atom is -0.307 e. The lowest BCUT2D eigenvalue weighted by Gasteiger charge is -2.05. The van der Waals surface area contributed by atoms with Crippen LogP contribution >= 0.6 is 0 Å². The van der Waals surface area contributed by atoms with Crippen LogP contribution in [-0.4, -0.2) is 17.2 Å². The van der Waals surface area contributed by atoms with Crippen LogP contribution in [0.5, 0.6) is 0 Å². The molecule has 1 amide bonds. The molecule has 4 nitrogen and oxygen atoms in total. The first-order valence-corrected chi connectivity index (χ1v) is 5.49. The molecule has 18 heavy (non-hydrogen) atoms. The van der Waals surface area contributed by atoms with E-state index in [-0.39, 0.29) is 5.91 Å². The lowest BCUT2D eigenvalue weighted by molar-refractivity contribution is 0.102. The van der Waals surface area contributed by atoms with Crippen LogP contribution in [0.4, 0.5) is 5.82 Å². The molecule has 90 valence electrons. The van der Waals surface area contributed by atoms with Crippen LogP contribution in [0.1, 0.15) is 26.4 Å². The molecule has 4 heteroatoms. The minimum atomic E-state index is -0.281. The summed E-state index contributed by atoms with van der Waals surface area (Å²) in [5, 5.41) is 2.68. The van der Waals surface area contributed by atoms with Gasteiger partial charge in [-0.3, -0.25) is 9.59 Å². The van der Waals surface area contributed by atoms with E-state index in [9.17, 15) is 9.59 Å². The molecule has 2 aromatic rings. The van der Waals surface area contributed by atoms with E-state index in [1.54, 1.807) is 24.3 Å². The second-order valence-corrected chi connectivity index (χ2v) is 3.86. The Balaban J connectivity index is 2.19. The van der Waals surface area contributed by atoms with Crippen molar-refractivity contribution in [3.63, 3.8) is 0 Å². The average molecular weight is 240 g/mol. The van der Waals surface area contributed by atoms with E-state index in [2.05, 4.69) is 10.3 Å². The van der Waals surface area contributed by atoms with Crippen molar-refractivity contribution in [3.05, 3.63) is 59.3 Å². The van der Waals surface area contributed by atoms with Crippen molar-refractivity contribution in [1.29, 1.82) is 0 Å². The highest BCUT2D eigenvalue weighted by atomic mass is 16.1. The van der Waals surface area contributed by atoms with Crippen LogP contribution in [0.15, 0.2) is 42.5 Å². The van der Waals surface area contributed by atoms with Crippen molar-refractivity contribution >= 4 is 18.0 Å². The summed E-state index contributed by atoms with van der Waals surface area (Å²) in [6, 6.07) is 11.9. The zero-order chi connectivity index (χ0) is 13.0.